The van der Waals surface area contributed by atoms with Gasteiger partial charge in [-0.2, -0.15) is 0 Å². The van der Waals surface area contributed by atoms with E-state index in [1.54, 1.807) is 54.6 Å². The second-order valence-electron chi connectivity index (χ2n) is 5.53. The molecule has 1 aliphatic carbocycles. The molecule has 0 unspecified atom stereocenters. The lowest BCUT2D eigenvalue weighted by molar-refractivity contribution is -0.152. The standard InChI is InChI=1S/C18H15NO5/c20-15(12-6-2-1-3-7-12)11-24-16(21)10-19-17(22)13-8-4-5-9-14(13)18(19)23/h1-9,13-14H,10-11H2/t13-,14-/m1/s1. The molecule has 0 bridgehead atoms. The van der Waals surface area contributed by atoms with E-state index >= 15 is 0 Å². The van der Waals surface area contributed by atoms with Gasteiger partial charge in [-0.1, -0.05) is 54.6 Å². The molecule has 1 aliphatic heterocycles. The molecule has 122 valence electrons. The van der Waals surface area contributed by atoms with Crippen molar-refractivity contribution in [3.05, 3.63) is 60.2 Å². The van der Waals surface area contributed by atoms with Crippen LogP contribution in [0.15, 0.2) is 54.6 Å². The highest BCUT2D eigenvalue weighted by Gasteiger charge is 2.46. The molecule has 0 aromatic heterocycles. The molecular formula is C18H15NO5. The zero-order chi connectivity index (χ0) is 17.1. The maximum atomic E-state index is 12.2. The molecule has 1 saturated heterocycles. The summed E-state index contributed by atoms with van der Waals surface area (Å²) in [7, 11) is 0. The van der Waals surface area contributed by atoms with Crippen molar-refractivity contribution < 1.29 is 23.9 Å². The summed E-state index contributed by atoms with van der Waals surface area (Å²) in [6.45, 7) is -0.903. The fourth-order valence-electron chi connectivity index (χ4n) is 2.73. The molecule has 24 heavy (non-hydrogen) atoms. The van der Waals surface area contributed by atoms with Crippen LogP contribution in [0.3, 0.4) is 0 Å². The van der Waals surface area contributed by atoms with Crippen LogP contribution >= 0.6 is 0 Å². The van der Waals surface area contributed by atoms with E-state index in [4.69, 9.17) is 4.74 Å². The molecule has 1 aromatic rings. The number of likely N-dealkylation sites (tertiary alicyclic amines) is 1. The van der Waals surface area contributed by atoms with Crippen molar-refractivity contribution in [2.24, 2.45) is 11.8 Å². The smallest absolute Gasteiger partial charge is 0.326 e. The number of carbonyl (C=O) groups excluding carboxylic acids is 4. The Kier molecular flexibility index (Phi) is 4.37. The minimum Gasteiger partial charge on any atom is -0.456 e. The lowest BCUT2D eigenvalue weighted by Crippen LogP contribution is -2.37. The minimum atomic E-state index is -0.785. The Balaban J connectivity index is 1.56. The molecule has 0 radical (unpaired) electrons. The van der Waals surface area contributed by atoms with Gasteiger partial charge in [0.1, 0.15) is 6.54 Å². The monoisotopic (exact) mass is 325 g/mol. The number of benzene rings is 1. The Labute approximate surface area is 138 Å². The number of fused-ring (bicyclic) bond motifs is 1. The molecule has 0 spiro atoms. The molecule has 1 aromatic carbocycles. The van der Waals surface area contributed by atoms with E-state index < -0.39 is 42.8 Å². The van der Waals surface area contributed by atoms with E-state index in [9.17, 15) is 19.2 Å². The molecule has 2 atom stereocenters. The number of ether oxygens (including phenoxy) is 1. The number of amides is 2. The van der Waals surface area contributed by atoms with Gasteiger partial charge in [-0.3, -0.25) is 24.1 Å². The van der Waals surface area contributed by atoms with Crippen molar-refractivity contribution in [3.8, 4) is 0 Å². The van der Waals surface area contributed by atoms with Gasteiger partial charge in [-0.15, -0.1) is 0 Å². The Bertz CT molecular complexity index is 720. The Morgan fingerprint density at radius 2 is 1.54 bits per heavy atom. The van der Waals surface area contributed by atoms with Crippen molar-refractivity contribution >= 4 is 23.6 Å². The van der Waals surface area contributed by atoms with Crippen molar-refractivity contribution in [2.45, 2.75) is 0 Å². The van der Waals surface area contributed by atoms with Crippen LogP contribution in [0.4, 0.5) is 0 Å². The van der Waals surface area contributed by atoms with E-state index in [0.29, 0.717) is 5.56 Å². The second kappa shape index (κ2) is 6.62. The van der Waals surface area contributed by atoms with Crippen LogP contribution in [0.1, 0.15) is 10.4 Å². The zero-order valence-corrected chi connectivity index (χ0v) is 12.8. The number of hydrogen-bond donors (Lipinski definition) is 0. The van der Waals surface area contributed by atoms with Gasteiger partial charge in [0.15, 0.2) is 12.4 Å². The largest absolute Gasteiger partial charge is 0.456 e. The maximum absolute atomic E-state index is 12.2. The molecule has 0 N–H and O–H groups in total. The average Bonchev–Trinajstić information content (AvgIpc) is 2.86. The quantitative estimate of drug-likeness (QED) is 0.461. The van der Waals surface area contributed by atoms with Gasteiger partial charge >= 0.3 is 5.97 Å². The molecule has 3 rings (SSSR count). The lowest BCUT2D eigenvalue weighted by atomic mass is 9.91. The van der Waals surface area contributed by atoms with Gasteiger partial charge in [0.25, 0.3) is 0 Å². The molecule has 6 nitrogen and oxygen atoms in total. The Morgan fingerprint density at radius 1 is 0.958 bits per heavy atom. The highest BCUT2D eigenvalue weighted by atomic mass is 16.5. The van der Waals surface area contributed by atoms with E-state index in [2.05, 4.69) is 0 Å². The van der Waals surface area contributed by atoms with Gasteiger partial charge in [0.05, 0.1) is 11.8 Å². The molecule has 1 heterocycles. The zero-order valence-electron chi connectivity index (χ0n) is 12.8. The minimum absolute atomic E-state index is 0.345. The second-order valence-corrected chi connectivity index (χ2v) is 5.53. The predicted octanol–water partition coefficient (Wildman–Crippen LogP) is 1.14. The summed E-state index contributed by atoms with van der Waals surface area (Å²) < 4.78 is 4.90. The van der Waals surface area contributed by atoms with E-state index in [-0.39, 0.29) is 5.78 Å². The number of Topliss-reactive ketones (excluding diaryl/α,β-unsaturated/α-hetero) is 1. The summed E-state index contributed by atoms with van der Waals surface area (Å²) in [5, 5.41) is 0. The highest BCUT2D eigenvalue weighted by molar-refractivity contribution is 6.09. The molecule has 6 heteroatoms. The Morgan fingerprint density at radius 3 is 2.12 bits per heavy atom. The maximum Gasteiger partial charge on any atom is 0.326 e. The lowest BCUT2D eigenvalue weighted by Gasteiger charge is -2.13. The van der Waals surface area contributed by atoms with Gasteiger partial charge in [-0.05, 0) is 0 Å². The van der Waals surface area contributed by atoms with Crippen molar-refractivity contribution in [1.82, 2.24) is 4.90 Å². The summed E-state index contributed by atoms with van der Waals surface area (Å²) in [5.41, 5.74) is 0.430. The number of hydrogen-bond acceptors (Lipinski definition) is 5. The van der Waals surface area contributed by atoms with Crippen LogP contribution in [0.5, 0.6) is 0 Å². The van der Waals surface area contributed by atoms with Crippen LogP contribution in [0.2, 0.25) is 0 Å². The first kappa shape index (κ1) is 15.9. The normalized spacial score (nSPS) is 21.8. The van der Waals surface area contributed by atoms with Gasteiger partial charge in [-0.25, -0.2) is 0 Å². The fourth-order valence-corrected chi connectivity index (χ4v) is 2.73. The summed E-state index contributed by atoms with van der Waals surface area (Å²) in [4.78, 5) is 49.0. The summed E-state index contributed by atoms with van der Waals surface area (Å²) in [6, 6.07) is 8.43. The van der Waals surface area contributed by atoms with Crippen molar-refractivity contribution in [2.75, 3.05) is 13.2 Å². The SMILES string of the molecule is O=C(CN1C(=O)[C@@H]2C=CC=C[C@H]2C1=O)OCC(=O)c1ccccc1. The van der Waals surface area contributed by atoms with Crippen LogP contribution in [0, 0.1) is 11.8 Å². The topological polar surface area (TPSA) is 80.8 Å². The number of esters is 1. The third-order valence-corrected chi connectivity index (χ3v) is 3.98. The number of ketones is 1. The molecule has 2 amide bonds. The predicted molar refractivity (Wildman–Crippen MR) is 83.7 cm³/mol. The fraction of sp³-hybridized carbons (Fsp3) is 0.222. The third-order valence-electron chi connectivity index (χ3n) is 3.98. The first-order chi connectivity index (χ1) is 11.6. The van der Waals surface area contributed by atoms with Crippen LogP contribution in [-0.2, 0) is 19.1 Å². The van der Waals surface area contributed by atoms with Crippen LogP contribution in [0.25, 0.3) is 0 Å². The van der Waals surface area contributed by atoms with Crippen LogP contribution in [-0.4, -0.2) is 41.6 Å². The number of imide groups is 1. The first-order valence-corrected chi connectivity index (χ1v) is 7.52. The van der Waals surface area contributed by atoms with Crippen LogP contribution < -0.4 is 0 Å². The van der Waals surface area contributed by atoms with Crippen molar-refractivity contribution in [3.63, 3.8) is 0 Å². The summed E-state index contributed by atoms with van der Waals surface area (Å²) >= 11 is 0. The summed E-state index contributed by atoms with van der Waals surface area (Å²) in [5.74, 6) is -3.08. The van der Waals surface area contributed by atoms with Gasteiger partial charge < -0.3 is 4.74 Å². The van der Waals surface area contributed by atoms with Gasteiger partial charge in [0, 0.05) is 5.56 Å². The van der Waals surface area contributed by atoms with E-state index in [1.807, 2.05) is 0 Å². The molecular weight excluding hydrogens is 310 g/mol. The number of carbonyl (C=O) groups is 4. The summed E-state index contributed by atoms with van der Waals surface area (Å²) in [6.07, 6.45) is 6.70. The van der Waals surface area contributed by atoms with Crippen molar-refractivity contribution in [1.29, 1.82) is 0 Å². The number of nitrogens with zero attached hydrogens (tertiary/aromatic N) is 1. The number of rotatable bonds is 5. The number of allylic oxidation sites excluding steroid dienone is 2. The van der Waals surface area contributed by atoms with Gasteiger partial charge in [0.2, 0.25) is 11.8 Å². The third kappa shape index (κ3) is 3.03. The van der Waals surface area contributed by atoms with E-state index in [1.165, 1.54) is 0 Å². The van der Waals surface area contributed by atoms with E-state index in [0.717, 1.165) is 4.90 Å². The molecule has 0 saturated carbocycles. The average molecular weight is 325 g/mol. The molecule has 1 fully saturated rings. The molecule has 2 aliphatic rings. The first-order valence-electron chi connectivity index (χ1n) is 7.52. The highest BCUT2D eigenvalue weighted by Crippen LogP contribution is 2.30. The Hall–Kier alpha value is -3.02.